The molecule has 2 aromatic rings. The molecule has 0 unspecified atom stereocenters. The van der Waals surface area contributed by atoms with Crippen LogP contribution in [0.3, 0.4) is 0 Å². The van der Waals surface area contributed by atoms with Crippen LogP contribution in [-0.2, 0) is 9.53 Å². The molecule has 0 radical (unpaired) electrons. The number of carbonyl (C=O) groups is 2. The maximum absolute atomic E-state index is 12.9. The number of anilines is 1. The molecule has 1 heterocycles. The van der Waals surface area contributed by atoms with E-state index in [9.17, 15) is 9.59 Å². The van der Waals surface area contributed by atoms with Crippen LogP contribution < -0.4 is 10.1 Å². The van der Waals surface area contributed by atoms with E-state index in [0.717, 1.165) is 16.7 Å². The summed E-state index contributed by atoms with van der Waals surface area (Å²) in [5.74, 6) is 0.288. The molecule has 154 valence electrons. The highest BCUT2D eigenvalue weighted by molar-refractivity contribution is 6.04. The zero-order chi connectivity index (χ0) is 21.0. The van der Waals surface area contributed by atoms with Crippen molar-refractivity contribution in [2.45, 2.75) is 33.8 Å². The van der Waals surface area contributed by atoms with Crippen LogP contribution >= 0.6 is 0 Å². The number of hydrogen-bond donors (Lipinski definition) is 1. The van der Waals surface area contributed by atoms with Crippen molar-refractivity contribution in [3.8, 4) is 5.75 Å². The molecule has 0 aromatic heterocycles. The molecule has 1 saturated heterocycles. The number of hydrogen-bond acceptors (Lipinski definition) is 4. The van der Waals surface area contributed by atoms with Gasteiger partial charge in [-0.25, -0.2) is 0 Å². The summed E-state index contributed by atoms with van der Waals surface area (Å²) in [7, 11) is 0. The van der Waals surface area contributed by atoms with Gasteiger partial charge in [-0.05, 0) is 62.6 Å². The van der Waals surface area contributed by atoms with Gasteiger partial charge >= 0.3 is 0 Å². The molecule has 0 aliphatic carbocycles. The number of morpholine rings is 1. The van der Waals surface area contributed by atoms with Crippen molar-refractivity contribution >= 4 is 17.5 Å². The van der Waals surface area contributed by atoms with Gasteiger partial charge < -0.3 is 19.7 Å². The standard InChI is InChI=1S/C23H28N2O4/c1-15-13-16(2)17(3)21(14-15)29-18(4)22(26)24-20-8-6-5-7-19(20)23(27)25-9-11-28-12-10-25/h5-8,13-14,18H,9-12H2,1-4H3,(H,24,26)/t18-/m1/s1. The summed E-state index contributed by atoms with van der Waals surface area (Å²) in [5, 5.41) is 2.86. The maximum Gasteiger partial charge on any atom is 0.265 e. The lowest BCUT2D eigenvalue weighted by Crippen LogP contribution is -2.41. The van der Waals surface area contributed by atoms with Gasteiger partial charge in [-0.2, -0.15) is 0 Å². The fourth-order valence-electron chi connectivity index (χ4n) is 3.32. The van der Waals surface area contributed by atoms with Gasteiger partial charge in [0.05, 0.1) is 24.5 Å². The van der Waals surface area contributed by atoms with Crippen LogP contribution in [0.25, 0.3) is 0 Å². The Morgan fingerprint density at radius 3 is 2.52 bits per heavy atom. The molecule has 0 bridgehead atoms. The Kier molecular flexibility index (Phi) is 6.54. The van der Waals surface area contributed by atoms with Crippen molar-refractivity contribution in [1.82, 2.24) is 4.90 Å². The molecule has 1 aliphatic heterocycles. The highest BCUT2D eigenvalue weighted by atomic mass is 16.5. The van der Waals surface area contributed by atoms with Crippen LogP contribution in [0.4, 0.5) is 5.69 Å². The molecule has 6 heteroatoms. The van der Waals surface area contributed by atoms with Crippen molar-refractivity contribution in [3.05, 3.63) is 58.7 Å². The number of rotatable bonds is 5. The Morgan fingerprint density at radius 1 is 1.10 bits per heavy atom. The number of benzene rings is 2. The third kappa shape index (κ3) is 4.95. The summed E-state index contributed by atoms with van der Waals surface area (Å²) < 4.78 is 11.2. The van der Waals surface area contributed by atoms with Crippen molar-refractivity contribution in [3.63, 3.8) is 0 Å². The first kappa shape index (κ1) is 20.9. The van der Waals surface area contributed by atoms with Crippen molar-refractivity contribution in [2.75, 3.05) is 31.6 Å². The quantitative estimate of drug-likeness (QED) is 0.840. The zero-order valence-electron chi connectivity index (χ0n) is 17.5. The van der Waals surface area contributed by atoms with Gasteiger partial charge in [0.2, 0.25) is 0 Å². The lowest BCUT2D eigenvalue weighted by Gasteiger charge is -2.27. The van der Waals surface area contributed by atoms with E-state index >= 15 is 0 Å². The van der Waals surface area contributed by atoms with Gasteiger partial charge in [0.15, 0.2) is 6.10 Å². The predicted octanol–water partition coefficient (Wildman–Crippen LogP) is 3.49. The molecule has 1 aliphatic rings. The average Bonchev–Trinajstić information content (AvgIpc) is 2.72. The first-order chi connectivity index (χ1) is 13.9. The van der Waals surface area contributed by atoms with Gasteiger partial charge in [-0.15, -0.1) is 0 Å². The molecule has 2 aromatic carbocycles. The van der Waals surface area contributed by atoms with Gasteiger partial charge in [0.25, 0.3) is 11.8 Å². The number of nitrogens with one attached hydrogen (secondary N) is 1. The largest absolute Gasteiger partial charge is 0.481 e. The zero-order valence-corrected chi connectivity index (χ0v) is 17.5. The highest BCUT2D eigenvalue weighted by Gasteiger charge is 2.23. The smallest absolute Gasteiger partial charge is 0.265 e. The molecule has 0 spiro atoms. The normalized spacial score (nSPS) is 15.0. The second-order valence-corrected chi connectivity index (χ2v) is 7.40. The van der Waals surface area contributed by atoms with E-state index in [0.29, 0.717) is 43.3 Å². The highest BCUT2D eigenvalue weighted by Crippen LogP contribution is 2.25. The van der Waals surface area contributed by atoms with Crippen LogP contribution in [-0.4, -0.2) is 49.1 Å². The lowest BCUT2D eigenvalue weighted by molar-refractivity contribution is -0.122. The summed E-state index contributed by atoms with van der Waals surface area (Å²) in [6.45, 7) is 9.86. The number of ether oxygens (including phenoxy) is 2. The van der Waals surface area contributed by atoms with Crippen LogP contribution in [0, 0.1) is 20.8 Å². The van der Waals surface area contributed by atoms with E-state index in [-0.39, 0.29) is 11.8 Å². The Bertz CT molecular complexity index is 904. The van der Waals surface area contributed by atoms with E-state index in [1.807, 2.05) is 26.8 Å². The van der Waals surface area contributed by atoms with Crippen LogP contribution in [0.5, 0.6) is 5.75 Å². The second kappa shape index (κ2) is 9.09. The fraction of sp³-hybridized carbons (Fsp3) is 0.391. The first-order valence-corrected chi connectivity index (χ1v) is 9.88. The van der Waals surface area contributed by atoms with Crippen molar-refractivity contribution in [1.29, 1.82) is 0 Å². The number of carbonyl (C=O) groups excluding carboxylic acids is 2. The second-order valence-electron chi connectivity index (χ2n) is 7.40. The van der Waals surface area contributed by atoms with E-state index in [4.69, 9.17) is 9.47 Å². The monoisotopic (exact) mass is 396 g/mol. The minimum Gasteiger partial charge on any atom is -0.481 e. The van der Waals surface area contributed by atoms with Gasteiger partial charge in [-0.3, -0.25) is 9.59 Å². The summed E-state index contributed by atoms with van der Waals surface area (Å²) in [5.41, 5.74) is 4.17. The number of amides is 2. The molecular weight excluding hydrogens is 368 g/mol. The molecular formula is C23H28N2O4. The Balaban J connectivity index is 1.73. The Labute approximate surface area is 171 Å². The summed E-state index contributed by atoms with van der Waals surface area (Å²) in [6, 6.07) is 11.1. The van der Waals surface area contributed by atoms with Crippen molar-refractivity contribution < 1.29 is 19.1 Å². The maximum atomic E-state index is 12.9. The third-order valence-electron chi connectivity index (χ3n) is 5.15. The average molecular weight is 396 g/mol. The van der Waals surface area contributed by atoms with Gasteiger partial charge in [-0.1, -0.05) is 18.2 Å². The molecule has 1 N–H and O–H groups in total. The molecule has 2 amide bonds. The molecule has 6 nitrogen and oxygen atoms in total. The molecule has 3 rings (SSSR count). The van der Waals surface area contributed by atoms with Gasteiger partial charge in [0.1, 0.15) is 5.75 Å². The molecule has 1 fully saturated rings. The minimum atomic E-state index is -0.707. The van der Waals surface area contributed by atoms with E-state index in [2.05, 4.69) is 11.4 Å². The predicted molar refractivity (Wildman–Crippen MR) is 113 cm³/mol. The summed E-state index contributed by atoms with van der Waals surface area (Å²) >= 11 is 0. The number of para-hydroxylation sites is 1. The SMILES string of the molecule is Cc1cc(C)c(C)c(O[C@H](C)C(=O)Nc2ccccc2C(=O)N2CCOCC2)c1. The van der Waals surface area contributed by atoms with E-state index in [1.54, 1.807) is 36.1 Å². The number of aryl methyl sites for hydroxylation is 2. The summed E-state index contributed by atoms with van der Waals surface area (Å²) in [4.78, 5) is 27.4. The van der Waals surface area contributed by atoms with Crippen LogP contribution in [0.2, 0.25) is 0 Å². The summed E-state index contributed by atoms with van der Waals surface area (Å²) in [6.07, 6.45) is -0.707. The van der Waals surface area contributed by atoms with Crippen molar-refractivity contribution in [2.24, 2.45) is 0 Å². The molecule has 1 atom stereocenters. The molecule has 29 heavy (non-hydrogen) atoms. The Morgan fingerprint density at radius 2 is 1.79 bits per heavy atom. The lowest BCUT2D eigenvalue weighted by atomic mass is 10.1. The topological polar surface area (TPSA) is 67.9 Å². The Hall–Kier alpha value is -2.86. The number of nitrogens with zero attached hydrogens (tertiary/aromatic N) is 1. The van der Waals surface area contributed by atoms with Gasteiger partial charge in [0, 0.05) is 13.1 Å². The van der Waals surface area contributed by atoms with E-state index < -0.39 is 6.10 Å². The van der Waals surface area contributed by atoms with Crippen LogP contribution in [0.1, 0.15) is 34.0 Å². The first-order valence-electron chi connectivity index (χ1n) is 9.88. The van der Waals surface area contributed by atoms with Crippen LogP contribution in [0.15, 0.2) is 36.4 Å². The van der Waals surface area contributed by atoms with E-state index in [1.165, 1.54) is 0 Å². The molecule has 0 saturated carbocycles. The third-order valence-corrected chi connectivity index (χ3v) is 5.15. The fourth-order valence-corrected chi connectivity index (χ4v) is 3.32. The minimum absolute atomic E-state index is 0.108.